The first-order valence-electron chi connectivity index (χ1n) is 5.39. The van der Waals surface area contributed by atoms with Gasteiger partial charge in [0.05, 0.1) is 16.9 Å². The van der Waals surface area contributed by atoms with E-state index in [-0.39, 0.29) is 11.4 Å². The van der Waals surface area contributed by atoms with Gasteiger partial charge in [0.25, 0.3) is 5.91 Å². The maximum absolute atomic E-state index is 13.6. The standard InChI is InChI=1S/C13H8Br2F2N2O/c14-6-1-2-8(15)7(3-6)13(20)19-12-5-11(18)9(16)4-10(12)17/h1-5H,18H2,(H,19,20). The predicted molar refractivity (Wildman–Crippen MR) is 80.6 cm³/mol. The van der Waals surface area contributed by atoms with Crippen LogP contribution in [0.2, 0.25) is 0 Å². The lowest BCUT2D eigenvalue weighted by Crippen LogP contribution is -2.14. The minimum atomic E-state index is -0.892. The molecule has 0 atom stereocenters. The summed E-state index contributed by atoms with van der Waals surface area (Å²) in [7, 11) is 0. The monoisotopic (exact) mass is 404 g/mol. The minimum Gasteiger partial charge on any atom is -0.396 e. The first kappa shape index (κ1) is 14.9. The number of amides is 1. The number of halogens is 4. The highest BCUT2D eigenvalue weighted by atomic mass is 79.9. The average Bonchev–Trinajstić information content (AvgIpc) is 2.38. The zero-order valence-corrected chi connectivity index (χ0v) is 13.1. The van der Waals surface area contributed by atoms with Crippen LogP contribution in [0, 0.1) is 11.6 Å². The summed E-state index contributed by atoms with van der Waals surface area (Å²) in [6.45, 7) is 0. The molecule has 2 aromatic rings. The van der Waals surface area contributed by atoms with Crippen molar-refractivity contribution in [1.29, 1.82) is 0 Å². The lowest BCUT2D eigenvalue weighted by atomic mass is 10.2. The molecule has 104 valence electrons. The molecule has 0 aliphatic heterocycles. The van der Waals surface area contributed by atoms with Crippen LogP contribution < -0.4 is 11.1 Å². The molecule has 20 heavy (non-hydrogen) atoms. The van der Waals surface area contributed by atoms with Crippen LogP contribution in [0.1, 0.15) is 10.4 Å². The predicted octanol–water partition coefficient (Wildman–Crippen LogP) is 4.32. The smallest absolute Gasteiger partial charge is 0.256 e. The van der Waals surface area contributed by atoms with Crippen molar-refractivity contribution in [2.45, 2.75) is 0 Å². The van der Waals surface area contributed by atoms with E-state index in [9.17, 15) is 13.6 Å². The van der Waals surface area contributed by atoms with Gasteiger partial charge in [0, 0.05) is 15.0 Å². The van der Waals surface area contributed by atoms with Gasteiger partial charge >= 0.3 is 0 Å². The number of nitrogens with two attached hydrogens (primary N) is 1. The van der Waals surface area contributed by atoms with Gasteiger partial charge < -0.3 is 11.1 Å². The molecule has 0 fully saturated rings. The van der Waals surface area contributed by atoms with Crippen LogP contribution in [-0.2, 0) is 0 Å². The van der Waals surface area contributed by atoms with Gasteiger partial charge in [-0.3, -0.25) is 4.79 Å². The summed E-state index contributed by atoms with van der Waals surface area (Å²) in [6, 6.07) is 6.66. The number of anilines is 2. The Bertz CT molecular complexity index is 692. The van der Waals surface area contributed by atoms with Gasteiger partial charge in [0.1, 0.15) is 11.6 Å². The quantitative estimate of drug-likeness (QED) is 0.731. The van der Waals surface area contributed by atoms with E-state index in [2.05, 4.69) is 37.2 Å². The molecular formula is C13H8Br2F2N2O. The largest absolute Gasteiger partial charge is 0.396 e. The summed E-state index contributed by atoms with van der Waals surface area (Å²) in [5.41, 5.74) is 5.23. The van der Waals surface area contributed by atoms with Gasteiger partial charge in [-0.25, -0.2) is 8.78 Å². The van der Waals surface area contributed by atoms with Crippen molar-refractivity contribution >= 4 is 49.1 Å². The molecule has 3 nitrogen and oxygen atoms in total. The summed E-state index contributed by atoms with van der Waals surface area (Å²) in [5, 5.41) is 2.35. The topological polar surface area (TPSA) is 55.1 Å². The summed E-state index contributed by atoms with van der Waals surface area (Å²) in [5.74, 6) is -2.30. The van der Waals surface area contributed by atoms with Crippen LogP contribution in [0.4, 0.5) is 20.2 Å². The molecule has 0 unspecified atom stereocenters. The second-order valence-corrected chi connectivity index (χ2v) is 5.70. The molecule has 0 bridgehead atoms. The fourth-order valence-electron chi connectivity index (χ4n) is 1.52. The van der Waals surface area contributed by atoms with Crippen molar-refractivity contribution < 1.29 is 13.6 Å². The lowest BCUT2D eigenvalue weighted by molar-refractivity contribution is 0.102. The van der Waals surface area contributed by atoms with Gasteiger partial charge in [0.2, 0.25) is 0 Å². The molecule has 0 spiro atoms. The lowest BCUT2D eigenvalue weighted by Gasteiger charge is -2.09. The Balaban J connectivity index is 2.32. The average molecular weight is 406 g/mol. The summed E-state index contributed by atoms with van der Waals surface area (Å²) >= 11 is 6.47. The van der Waals surface area contributed by atoms with E-state index in [0.717, 1.165) is 6.07 Å². The zero-order chi connectivity index (χ0) is 14.9. The SMILES string of the molecule is Nc1cc(NC(=O)c2cc(Br)ccc2Br)c(F)cc1F. The van der Waals surface area contributed by atoms with Gasteiger partial charge in [-0.15, -0.1) is 0 Å². The van der Waals surface area contributed by atoms with Crippen LogP contribution in [0.3, 0.4) is 0 Å². The molecule has 0 radical (unpaired) electrons. The van der Waals surface area contributed by atoms with Gasteiger partial charge in [-0.2, -0.15) is 0 Å². The number of rotatable bonds is 2. The number of carbonyl (C=O) groups is 1. The van der Waals surface area contributed by atoms with Gasteiger partial charge in [-0.1, -0.05) is 15.9 Å². The van der Waals surface area contributed by atoms with Crippen LogP contribution >= 0.6 is 31.9 Å². The minimum absolute atomic E-state index is 0.180. The third kappa shape index (κ3) is 3.16. The first-order valence-corrected chi connectivity index (χ1v) is 6.98. The fraction of sp³-hybridized carbons (Fsp3) is 0. The summed E-state index contributed by atoms with van der Waals surface area (Å²) < 4.78 is 27.8. The van der Waals surface area contributed by atoms with Crippen molar-refractivity contribution in [3.8, 4) is 0 Å². The molecule has 0 heterocycles. The molecule has 1 amide bonds. The number of nitrogens with one attached hydrogen (secondary N) is 1. The maximum atomic E-state index is 13.6. The maximum Gasteiger partial charge on any atom is 0.256 e. The van der Waals surface area contributed by atoms with Crippen molar-refractivity contribution in [2.24, 2.45) is 0 Å². The molecule has 0 saturated heterocycles. The molecular weight excluding hydrogens is 398 g/mol. The van der Waals surface area contributed by atoms with E-state index >= 15 is 0 Å². The zero-order valence-electron chi connectivity index (χ0n) is 9.88. The number of nitrogen functional groups attached to an aromatic ring is 1. The van der Waals surface area contributed by atoms with Crippen LogP contribution in [0.25, 0.3) is 0 Å². The van der Waals surface area contributed by atoms with E-state index in [0.29, 0.717) is 20.6 Å². The fourth-order valence-corrected chi connectivity index (χ4v) is 2.31. The normalized spacial score (nSPS) is 10.4. The number of carbonyl (C=O) groups excluding carboxylic acids is 1. The summed E-state index contributed by atoms with van der Waals surface area (Å²) in [6.07, 6.45) is 0. The van der Waals surface area contributed by atoms with Crippen LogP contribution in [0.5, 0.6) is 0 Å². The van der Waals surface area contributed by atoms with Crippen molar-refractivity contribution in [3.63, 3.8) is 0 Å². The highest BCUT2D eigenvalue weighted by Gasteiger charge is 2.14. The molecule has 0 aliphatic carbocycles. The highest BCUT2D eigenvalue weighted by Crippen LogP contribution is 2.25. The molecule has 7 heteroatoms. The molecule has 3 N–H and O–H groups in total. The van der Waals surface area contributed by atoms with Crippen LogP contribution in [-0.4, -0.2) is 5.91 Å². The van der Waals surface area contributed by atoms with Crippen molar-refractivity contribution in [2.75, 3.05) is 11.1 Å². The van der Waals surface area contributed by atoms with E-state index in [4.69, 9.17) is 5.73 Å². The second kappa shape index (κ2) is 5.88. The first-order chi connectivity index (χ1) is 9.38. The number of hydrogen-bond acceptors (Lipinski definition) is 2. The molecule has 0 saturated carbocycles. The Morgan fingerprint density at radius 3 is 2.50 bits per heavy atom. The van der Waals surface area contributed by atoms with E-state index in [1.807, 2.05) is 0 Å². The third-order valence-corrected chi connectivity index (χ3v) is 3.69. The van der Waals surface area contributed by atoms with Crippen LogP contribution in [0.15, 0.2) is 39.3 Å². The van der Waals surface area contributed by atoms with Gasteiger partial charge in [-0.05, 0) is 40.2 Å². The number of hydrogen-bond donors (Lipinski definition) is 2. The highest BCUT2D eigenvalue weighted by molar-refractivity contribution is 9.11. The second-order valence-electron chi connectivity index (χ2n) is 3.93. The van der Waals surface area contributed by atoms with Gasteiger partial charge in [0.15, 0.2) is 0 Å². The Morgan fingerprint density at radius 2 is 1.80 bits per heavy atom. The Hall–Kier alpha value is -1.47. The Kier molecular flexibility index (Phi) is 4.39. The number of benzene rings is 2. The van der Waals surface area contributed by atoms with E-state index < -0.39 is 17.5 Å². The van der Waals surface area contributed by atoms with Crippen molar-refractivity contribution in [3.05, 3.63) is 56.5 Å². The van der Waals surface area contributed by atoms with Crippen molar-refractivity contribution in [1.82, 2.24) is 0 Å². The Morgan fingerprint density at radius 1 is 1.10 bits per heavy atom. The molecule has 0 aromatic heterocycles. The Labute approximate surface area is 130 Å². The van der Waals surface area contributed by atoms with E-state index in [1.165, 1.54) is 0 Å². The van der Waals surface area contributed by atoms with E-state index in [1.54, 1.807) is 18.2 Å². The molecule has 0 aliphatic rings. The molecule has 2 aromatic carbocycles. The summed E-state index contributed by atoms with van der Waals surface area (Å²) in [4.78, 5) is 12.1. The molecule has 2 rings (SSSR count). The third-order valence-electron chi connectivity index (χ3n) is 2.51.